The smallest absolute Gasteiger partial charge is 0.248 e. The fraction of sp³-hybridized carbons (Fsp3) is 0.632. The fourth-order valence-electron chi connectivity index (χ4n) is 3.57. The maximum absolute atomic E-state index is 12.9. The van der Waals surface area contributed by atoms with Gasteiger partial charge in [-0.2, -0.15) is 0 Å². The lowest BCUT2D eigenvalue weighted by Crippen LogP contribution is -2.49. The Morgan fingerprint density at radius 2 is 1.73 bits per heavy atom. The van der Waals surface area contributed by atoms with Crippen molar-refractivity contribution >= 4 is 11.6 Å². The molecule has 1 heterocycles. The molecule has 3 heteroatoms. The van der Waals surface area contributed by atoms with Crippen LogP contribution in [-0.4, -0.2) is 29.4 Å². The molecular formula is C19H28N2O. The quantitative estimate of drug-likeness (QED) is 0.917. The second-order valence-corrected chi connectivity index (χ2v) is 8.01. The number of para-hydroxylation sites is 1. The third-order valence-electron chi connectivity index (χ3n) is 5.32. The molecule has 1 aliphatic carbocycles. The zero-order chi connectivity index (χ0) is 15.8. The number of anilines is 1. The molecule has 1 amide bonds. The first-order chi connectivity index (χ1) is 10.4. The molecule has 3 nitrogen and oxygen atoms in total. The zero-order valence-corrected chi connectivity index (χ0v) is 14.1. The third kappa shape index (κ3) is 3.13. The number of nitrogens with zero attached hydrogens (tertiary/aromatic N) is 1. The van der Waals surface area contributed by atoms with Crippen molar-refractivity contribution in [2.75, 3.05) is 18.4 Å². The van der Waals surface area contributed by atoms with Crippen LogP contribution in [0.5, 0.6) is 0 Å². The van der Waals surface area contributed by atoms with E-state index >= 15 is 0 Å². The predicted molar refractivity (Wildman–Crippen MR) is 90.8 cm³/mol. The van der Waals surface area contributed by atoms with E-state index in [1.807, 2.05) is 30.3 Å². The van der Waals surface area contributed by atoms with Gasteiger partial charge in [0.2, 0.25) is 5.91 Å². The Bertz CT molecular complexity index is 520. The molecule has 2 fully saturated rings. The number of likely N-dealkylation sites (tertiary alicyclic amines) is 1. The maximum Gasteiger partial charge on any atom is 0.248 e. The standard InChI is InChI=1S/C19H28N2O/c1-18(2,3)15-9-13-21(14-10-15)17(22)19(11-12-19)20-16-7-5-4-6-8-16/h4-8,15,20H,9-14H2,1-3H3. The van der Waals surface area contributed by atoms with E-state index in [-0.39, 0.29) is 5.54 Å². The predicted octanol–water partition coefficient (Wildman–Crippen LogP) is 3.92. The Morgan fingerprint density at radius 3 is 2.23 bits per heavy atom. The van der Waals surface area contributed by atoms with Crippen LogP contribution in [0.2, 0.25) is 0 Å². The van der Waals surface area contributed by atoms with E-state index in [0.717, 1.165) is 50.4 Å². The van der Waals surface area contributed by atoms with Gasteiger partial charge in [-0.25, -0.2) is 0 Å². The van der Waals surface area contributed by atoms with Crippen LogP contribution >= 0.6 is 0 Å². The van der Waals surface area contributed by atoms with Gasteiger partial charge in [0.05, 0.1) is 0 Å². The molecule has 0 radical (unpaired) electrons. The SMILES string of the molecule is CC(C)(C)C1CCN(C(=O)C2(Nc3ccccc3)CC2)CC1. The van der Waals surface area contributed by atoms with Crippen LogP contribution < -0.4 is 5.32 Å². The van der Waals surface area contributed by atoms with Gasteiger partial charge in [-0.1, -0.05) is 39.0 Å². The molecule has 0 unspecified atom stereocenters. The van der Waals surface area contributed by atoms with Gasteiger partial charge in [0.1, 0.15) is 5.54 Å². The second-order valence-electron chi connectivity index (χ2n) is 8.01. The highest BCUT2D eigenvalue weighted by molar-refractivity contribution is 5.92. The van der Waals surface area contributed by atoms with Gasteiger partial charge >= 0.3 is 0 Å². The molecule has 120 valence electrons. The van der Waals surface area contributed by atoms with Crippen LogP contribution in [0.25, 0.3) is 0 Å². The van der Waals surface area contributed by atoms with Crippen LogP contribution in [0, 0.1) is 11.3 Å². The van der Waals surface area contributed by atoms with Gasteiger partial charge < -0.3 is 10.2 Å². The van der Waals surface area contributed by atoms with Gasteiger partial charge in [0.15, 0.2) is 0 Å². The van der Waals surface area contributed by atoms with Gasteiger partial charge in [-0.05, 0) is 49.1 Å². The largest absolute Gasteiger partial charge is 0.371 e. The Hall–Kier alpha value is -1.51. The molecule has 0 atom stereocenters. The summed E-state index contributed by atoms with van der Waals surface area (Å²) in [6.45, 7) is 8.77. The Kier molecular flexibility index (Phi) is 3.92. The molecule has 1 saturated carbocycles. The van der Waals surface area contributed by atoms with Gasteiger partial charge in [-0.15, -0.1) is 0 Å². The molecule has 1 N–H and O–H groups in total. The summed E-state index contributed by atoms with van der Waals surface area (Å²) in [6, 6.07) is 10.1. The molecule has 1 aromatic rings. The van der Waals surface area contributed by atoms with Crippen molar-refractivity contribution in [2.24, 2.45) is 11.3 Å². The van der Waals surface area contributed by atoms with Crippen molar-refractivity contribution in [3.05, 3.63) is 30.3 Å². The van der Waals surface area contributed by atoms with E-state index in [2.05, 4.69) is 31.0 Å². The highest BCUT2D eigenvalue weighted by Crippen LogP contribution is 2.42. The fourth-order valence-corrected chi connectivity index (χ4v) is 3.57. The van der Waals surface area contributed by atoms with E-state index in [1.165, 1.54) is 0 Å². The van der Waals surface area contributed by atoms with E-state index in [0.29, 0.717) is 11.3 Å². The molecule has 0 aromatic heterocycles. The lowest BCUT2D eigenvalue weighted by molar-refractivity contribution is -0.134. The number of amides is 1. The monoisotopic (exact) mass is 300 g/mol. The zero-order valence-electron chi connectivity index (χ0n) is 14.1. The minimum Gasteiger partial charge on any atom is -0.371 e. The number of piperidine rings is 1. The maximum atomic E-state index is 12.9. The van der Waals surface area contributed by atoms with Crippen LogP contribution in [0.4, 0.5) is 5.69 Å². The van der Waals surface area contributed by atoms with Gasteiger partial charge in [0.25, 0.3) is 0 Å². The summed E-state index contributed by atoms with van der Waals surface area (Å²) in [5.41, 5.74) is 1.09. The topological polar surface area (TPSA) is 32.3 Å². The van der Waals surface area contributed by atoms with Crippen LogP contribution in [0.3, 0.4) is 0 Å². The van der Waals surface area contributed by atoms with E-state index < -0.39 is 0 Å². The van der Waals surface area contributed by atoms with Crippen molar-refractivity contribution in [3.63, 3.8) is 0 Å². The summed E-state index contributed by atoms with van der Waals surface area (Å²) in [7, 11) is 0. The summed E-state index contributed by atoms with van der Waals surface area (Å²) in [4.78, 5) is 15.0. The average molecular weight is 300 g/mol. The molecule has 3 rings (SSSR count). The number of benzene rings is 1. The summed E-state index contributed by atoms with van der Waals surface area (Å²) < 4.78 is 0. The van der Waals surface area contributed by atoms with Crippen molar-refractivity contribution in [3.8, 4) is 0 Å². The second kappa shape index (κ2) is 5.60. The van der Waals surface area contributed by atoms with Crippen LogP contribution in [0.15, 0.2) is 30.3 Å². The van der Waals surface area contributed by atoms with Crippen molar-refractivity contribution in [2.45, 2.75) is 52.0 Å². The normalized spacial score (nSPS) is 21.5. The summed E-state index contributed by atoms with van der Waals surface area (Å²) in [6.07, 6.45) is 4.19. The minimum atomic E-state index is -0.323. The van der Waals surface area contributed by atoms with Crippen molar-refractivity contribution < 1.29 is 4.79 Å². The molecule has 1 saturated heterocycles. The summed E-state index contributed by atoms with van der Waals surface area (Å²) in [5, 5.41) is 3.48. The summed E-state index contributed by atoms with van der Waals surface area (Å²) in [5.74, 6) is 1.04. The third-order valence-corrected chi connectivity index (χ3v) is 5.32. The van der Waals surface area contributed by atoms with Gasteiger partial charge in [-0.3, -0.25) is 4.79 Å². The van der Waals surface area contributed by atoms with Gasteiger partial charge in [0, 0.05) is 18.8 Å². The van der Waals surface area contributed by atoms with Crippen LogP contribution in [-0.2, 0) is 4.79 Å². The first-order valence-corrected chi connectivity index (χ1v) is 8.53. The number of carbonyl (C=O) groups is 1. The number of hydrogen-bond acceptors (Lipinski definition) is 2. The first-order valence-electron chi connectivity index (χ1n) is 8.53. The van der Waals surface area contributed by atoms with Crippen LogP contribution in [0.1, 0.15) is 46.5 Å². The average Bonchev–Trinajstić information content (AvgIpc) is 3.27. The van der Waals surface area contributed by atoms with Crippen molar-refractivity contribution in [1.82, 2.24) is 4.90 Å². The van der Waals surface area contributed by atoms with E-state index in [1.54, 1.807) is 0 Å². The highest BCUT2D eigenvalue weighted by Gasteiger charge is 2.52. The molecule has 0 bridgehead atoms. The Balaban J connectivity index is 1.61. The Morgan fingerprint density at radius 1 is 1.14 bits per heavy atom. The molecular weight excluding hydrogens is 272 g/mol. The molecule has 1 aromatic carbocycles. The first kappa shape index (κ1) is 15.4. The Labute approximate surface area is 134 Å². The summed E-state index contributed by atoms with van der Waals surface area (Å²) >= 11 is 0. The number of hydrogen-bond donors (Lipinski definition) is 1. The lowest BCUT2D eigenvalue weighted by atomic mass is 9.75. The van der Waals surface area contributed by atoms with E-state index in [9.17, 15) is 4.79 Å². The van der Waals surface area contributed by atoms with E-state index in [4.69, 9.17) is 0 Å². The number of carbonyl (C=O) groups excluding carboxylic acids is 1. The molecule has 22 heavy (non-hydrogen) atoms. The molecule has 1 aliphatic heterocycles. The number of nitrogens with one attached hydrogen (secondary N) is 1. The minimum absolute atomic E-state index is 0.309. The molecule has 2 aliphatic rings. The lowest BCUT2D eigenvalue weighted by Gasteiger charge is -2.40. The van der Waals surface area contributed by atoms with Crippen molar-refractivity contribution in [1.29, 1.82) is 0 Å². The molecule has 0 spiro atoms. The number of rotatable bonds is 3. The highest BCUT2D eigenvalue weighted by atomic mass is 16.2.